The minimum Gasteiger partial charge on any atom is -0.360 e. The molecule has 4 atom stereocenters. The van der Waals surface area contributed by atoms with E-state index in [0.717, 1.165) is 24.4 Å². The van der Waals surface area contributed by atoms with Gasteiger partial charge in [0.2, 0.25) is 0 Å². The fourth-order valence-electron chi connectivity index (χ4n) is 3.95. The van der Waals surface area contributed by atoms with E-state index in [-0.39, 0.29) is 5.72 Å². The van der Waals surface area contributed by atoms with Crippen molar-refractivity contribution in [3.63, 3.8) is 0 Å². The van der Waals surface area contributed by atoms with E-state index >= 15 is 0 Å². The summed E-state index contributed by atoms with van der Waals surface area (Å²) >= 11 is 0. The lowest BCUT2D eigenvalue weighted by Crippen LogP contribution is -2.57. The predicted molar refractivity (Wildman–Crippen MR) is 55.9 cm³/mol. The highest BCUT2D eigenvalue weighted by Gasteiger charge is 2.65. The van der Waals surface area contributed by atoms with E-state index in [1.165, 1.54) is 32.2 Å². The molecule has 0 radical (unpaired) electrons. The summed E-state index contributed by atoms with van der Waals surface area (Å²) < 4.78 is 6.22. The second-order valence-electron chi connectivity index (χ2n) is 5.32. The quantitative estimate of drug-likeness (QED) is 0.635. The number of hydrogen-bond acceptors (Lipinski definition) is 2. The Kier molecular flexibility index (Phi) is 1.94. The molecule has 0 aromatic carbocycles. The molecule has 1 heterocycles. The normalized spacial score (nSPS) is 52.3. The standard InChI is InChI=1S/C12H21NO/c1-3-10-7-9-8-11(9)12(10)13(2)5-4-6-14-12/h9-11H,3-8H2,1-2H3. The molecule has 1 aliphatic heterocycles. The molecule has 2 aliphatic carbocycles. The van der Waals surface area contributed by atoms with Crippen LogP contribution in [-0.4, -0.2) is 30.8 Å². The molecule has 80 valence electrons. The molecule has 2 nitrogen and oxygen atoms in total. The van der Waals surface area contributed by atoms with Gasteiger partial charge < -0.3 is 4.74 Å². The molecule has 4 unspecified atom stereocenters. The van der Waals surface area contributed by atoms with Gasteiger partial charge in [0.05, 0.1) is 6.61 Å². The summed E-state index contributed by atoms with van der Waals surface area (Å²) in [5.41, 5.74) is 0.164. The molecule has 2 saturated carbocycles. The summed E-state index contributed by atoms with van der Waals surface area (Å²) in [5, 5.41) is 0. The Morgan fingerprint density at radius 3 is 3.00 bits per heavy atom. The lowest BCUT2D eigenvalue weighted by Gasteiger charge is -2.48. The van der Waals surface area contributed by atoms with Crippen molar-refractivity contribution in [3.05, 3.63) is 0 Å². The van der Waals surface area contributed by atoms with Crippen molar-refractivity contribution in [1.82, 2.24) is 4.90 Å². The predicted octanol–water partition coefficient (Wildman–Crippen LogP) is 2.10. The Hall–Kier alpha value is -0.0800. The van der Waals surface area contributed by atoms with Crippen molar-refractivity contribution in [2.75, 3.05) is 20.2 Å². The molecule has 0 aromatic rings. The van der Waals surface area contributed by atoms with Gasteiger partial charge in [-0.3, -0.25) is 4.90 Å². The maximum absolute atomic E-state index is 6.22. The van der Waals surface area contributed by atoms with Crippen LogP contribution in [0.15, 0.2) is 0 Å². The summed E-state index contributed by atoms with van der Waals surface area (Å²) in [4.78, 5) is 2.52. The SMILES string of the molecule is CCC1CC2CC2C12OCCCN2C. The Bertz CT molecular complexity index is 242. The highest BCUT2D eigenvalue weighted by Crippen LogP contribution is 2.63. The van der Waals surface area contributed by atoms with Crippen molar-refractivity contribution in [2.45, 2.75) is 38.3 Å². The van der Waals surface area contributed by atoms with Gasteiger partial charge in [0, 0.05) is 18.4 Å². The van der Waals surface area contributed by atoms with Gasteiger partial charge in [-0.2, -0.15) is 0 Å². The van der Waals surface area contributed by atoms with Crippen LogP contribution in [0.1, 0.15) is 32.6 Å². The van der Waals surface area contributed by atoms with Gasteiger partial charge in [-0.15, -0.1) is 0 Å². The molecular formula is C12H21NO. The Morgan fingerprint density at radius 1 is 1.43 bits per heavy atom. The molecule has 0 aromatic heterocycles. The summed E-state index contributed by atoms with van der Waals surface area (Å²) in [6, 6.07) is 0. The highest BCUT2D eigenvalue weighted by molar-refractivity contribution is 5.12. The van der Waals surface area contributed by atoms with Crippen molar-refractivity contribution in [1.29, 1.82) is 0 Å². The van der Waals surface area contributed by atoms with Crippen molar-refractivity contribution in [3.8, 4) is 0 Å². The van der Waals surface area contributed by atoms with Gasteiger partial charge in [0.15, 0.2) is 0 Å². The highest BCUT2D eigenvalue weighted by atomic mass is 16.5. The van der Waals surface area contributed by atoms with E-state index in [1.807, 2.05) is 0 Å². The van der Waals surface area contributed by atoms with E-state index in [2.05, 4.69) is 18.9 Å². The number of nitrogens with zero attached hydrogens (tertiary/aromatic N) is 1. The maximum Gasteiger partial charge on any atom is 0.127 e. The lowest BCUT2D eigenvalue weighted by atomic mass is 9.89. The van der Waals surface area contributed by atoms with Gasteiger partial charge in [-0.05, 0) is 38.6 Å². The number of ether oxygens (including phenoxy) is 1. The van der Waals surface area contributed by atoms with Gasteiger partial charge in [-0.1, -0.05) is 6.92 Å². The zero-order chi connectivity index (χ0) is 9.76. The third-order valence-corrected chi connectivity index (χ3v) is 4.69. The zero-order valence-corrected chi connectivity index (χ0v) is 9.33. The van der Waals surface area contributed by atoms with Crippen LogP contribution in [0.5, 0.6) is 0 Å². The van der Waals surface area contributed by atoms with E-state index < -0.39 is 0 Å². The van der Waals surface area contributed by atoms with Gasteiger partial charge in [0.25, 0.3) is 0 Å². The van der Waals surface area contributed by atoms with E-state index in [1.54, 1.807) is 0 Å². The smallest absolute Gasteiger partial charge is 0.127 e. The molecule has 0 amide bonds. The van der Waals surface area contributed by atoms with Crippen LogP contribution in [0.25, 0.3) is 0 Å². The minimum atomic E-state index is 0.164. The van der Waals surface area contributed by atoms with Crippen LogP contribution in [0.4, 0.5) is 0 Å². The Balaban J connectivity index is 1.90. The van der Waals surface area contributed by atoms with Crippen LogP contribution >= 0.6 is 0 Å². The Labute approximate surface area is 86.6 Å². The molecule has 0 N–H and O–H groups in total. The topological polar surface area (TPSA) is 12.5 Å². The number of hydrogen-bond donors (Lipinski definition) is 0. The third kappa shape index (κ3) is 0.989. The Morgan fingerprint density at radius 2 is 2.29 bits per heavy atom. The fraction of sp³-hybridized carbons (Fsp3) is 1.00. The second kappa shape index (κ2) is 2.96. The first-order valence-electron chi connectivity index (χ1n) is 6.14. The van der Waals surface area contributed by atoms with Crippen LogP contribution in [-0.2, 0) is 4.74 Å². The van der Waals surface area contributed by atoms with Crippen LogP contribution in [0.3, 0.4) is 0 Å². The average molecular weight is 195 g/mol. The van der Waals surface area contributed by atoms with Crippen molar-refractivity contribution < 1.29 is 4.74 Å². The van der Waals surface area contributed by atoms with Gasteiger partial charge in [0.1, 0.15) is 5.72 Å². The van der Waals surface area contributed by atoms with Crippen molar-refractivity contribution in [2.24, 2.45) is 17.8 Å². The van der Waals surface area contributed by atoms with Crippen molar-refractivity contribution >= 4 is 0 Å². The van der Waals surface area contributed by atoms with Crippen LogP contribution in [0, 0.1) is 17.8 Å². The summed E-state index contributed by atoms with van der Waals surface area (Å²) in [6.45, 7) is 4.55. The third-order valence-electron chi connectivity index (χ3n) is 4.69. The molecule has 1 spiro atoms. The van der Waals surface area contributed by atoms with E-state index in [4.69, 9.17) is 4.74 Å². The lowest BCUT2D eigenvalue weighted by molar-refractivity contribution is -0.211. The second-order valence-corrected chi connectivity index (χ2v) is 5.32. The molecule has 0 bridgehead atoms. The van der Waals surface area contributed by atoms with Gasteiger partial charge in [-0.25, -0.2) is 0 Å². The molecular weight excluding hydrogens is 174 g/mol. The number of rotatable bonds is 1. The molecule has 3 fully saturated rings. The summed E-state index contributed by atoms with van der Waals surface area (Å²) in [5.74, 6) is 2.68. The average Bonchev–Trinajstić information content (AvgIpc) is 2.91. The maximum atomic E-state index is 6.22. The van der Waals surface area contributed by atoms with Crippen LogP contribution < -0.4 is 0 Å². The van der Waals surface area contributed by atoms with E-state index in [9.17, 15) is 0 Å². The first kappa shape index (κ1) is 9.17. The minimum absolute atomic E-state index is 0.164. The largest absolute Gasteiger partial charge is 0.360 e. The fourth-order valence-corrected chi connectivity index (χ4v) is 3.95. The zero-order valence-electron chi connectivity index (χ0n) is 9.33. The first-order chi connectivity index (χ1) is 6.79. The van der Waals surface area contributed by atoms with Gasteiger partial charge >= 0.3 is 0 Å². The number of fused-ring (bicyclic) bond motifs is 2. The first-order valence-corrected chi connectivity index (χ1v) is 6.14. The molecule has 1 saturated heterocycles. The van der Waals surface area contributed by atoms with Crippen LogP contribution in [0.2, 0.25) is 0 Å². The summed E-state index contributed by atoms with van der Waals surface area (Å²) in [6.07, 6.45) is 5.36. The molecule has 3 rings (SSSR count). The molecule has 3 aliphatic rings. The molecule has 2 heteroatoms. The monoisotopic (exact) mass is 195 g/mol. The summed E-state index contributed by atoms with van der Waals surface area (Å²) in [7, 11) is 2.27. The molecule has 14 heavy (non-hydrogen) atoms. The van der Waals surface area contributed by atoms with E-state index in [0.29, 0.717) is 0 Å².